The highest BCUT2D eigenvalue weighted by atomic mass is 79.9. The van der Waals surface area contributed by atoms with Crippen LogP contribution in [0, 0.1) is 5.92 Å². The smallest absolute Gasteiger partial charge is 0.0534 e. The molecular weight excluding hydrogens is 322 g/mol. The number of hydrogen-bond donors (Lipinski definition) is 0. The highest BCUT2D eigenvalue weighted by Crippen LogP contribution is 2.59. The van der Waals surface area contributed by atoms with E-state index in [4.69, 9.17) is 0 Å². The Hall–Kier alpha value is -1.54. The molecule has 1 fully saturated rings. The number of halogens is 1. The molecule has 5 rings (SSSR count). The molecule has 2 aliphatic carbocycles. The van der Waals surface area contributed by atoms with E-state index in [1.54, 1.807) is 5.56 Å². The van der Waals surface area contributed by atoms with Gasteiger partial charge in [-0.25, -0.2) is 0 Å². The van der Waals surface area contributed by atoms with E-state index in [0.717, 1.165) is 18.3 Å². The minimum Gasteiger partial charge on any atom is -0.313 e. The summed E-state index contributed by atoms with van der Waals surface area (Å²) in [6.07, 6.45) is 2.49. The summed E-state index contributed by atoms with van der Waals surface area (Å²) in [6, 6.07) is 19.7. The summed E-state index contributed by atoms with van der Waals surface area (Å²) in [4.78, 5) is 0.641. The molecule has 0 saturated heterocycles. The van der Waals surface area contributed by atoms with Gasteiger partial charge in [0.05, 0.1) is 5.52 Å². The summed E-state index contributed by atoms with van der Waals surface area (Å²) in [7, 11) is 0. The highest BCUT2D eigenvalue weighted by molar-refractivity contribution is 9.09. The molecule has 0 spiro atoms. The zero-order chi connectivity index (χ0) is 14.0. The van der Waals surface area contributed by atoms with E-state index >= 15 is 0 Å². The highest BCUT2D eigenvalue weighted by Gasteiger charge is 2.49. The standard InChI is InChI=1S/C19H16BrN/c20-16-11-18-19(15-10-14(15)16)13-8-4-5-9-17(13)21(18)12-6-2-1-3-7-12/h1-9,14-16H,10-11H2. The lowest BCUT2D eigenvalue weighted by Crippen LogP contribution is -2.16. The molecule has 21 heavy (non-hydrogen) atoms. The second-order valence-electron chi connectivity index (χ2n) is 6.27. The number of alkyl halides is 1. The van der Waals surface area contributed by atoms with Gasteiger partial charge in [0.1, 0.15) is 0 Å². The van der Waals surface area contributed by atoms with Crippen molar-refractivity contribution in [3.63, 3.8) is 0 Å². The molecule has 3 unspecified atom stereocenters. The lowest BCUT2D eigenvalue weighted by Gasteiger charge is -2.20. The normalized spacial score (nSPS) is 26.4. The van der Waals surface area contributed by atoms with E-state index in [9.17, 15) is 0 Å². The molecule has 3 atom stereocenters. The first-order valence-corrected chi connectivity index (χ1v) is 8.58. The summed E-state index contributed by atoms with van der Waals surface area (Å²) in [5.41, 5.74) is 5.79. The van der Waals surface area contributed by atoms with Crippen molar-refractivity contribution in [2.45, 2.75) is 23.6 Å². The van der Waals surface area contributed by atoms with Crippen molar-refractivity contribution in [2.75, 3.05) is 0 Å². The van der Waals surface area contributed by atoms with Crippen LogP contribution in [0.15, 0.2) is 54.6 Å². The van der Waals surface area contributed by atoms with Gasteiger partial charge in [-0.15, -0.1) is 0 Å². The second-order valence-corrected chi connectivity index (χ2v) is 7.45. The van der Waals surface area contributed by atoms with Gasteiger partial charge in [0.15, 0.2) is 0 Å². The van der Waals surface area contributed by atoms with E-state index in [0.29, 0.717) is 4.83 Å². The first-order chi connectivity index (χ1) is 10.3. The third kappa shape index (κ3) is 1.63. The van der Waals surface area contributed by atoms with E-state index < -0.39 is 0 Å². The summed E-state index contributed by atoms with van der Waals surface area (Å²) in [6.45, 7) is 0. The molecule has 1 aromatic heterocycles. The Bertz CT molecular complexity index is 833. The Balaban J connectivity index is 1.88. The minimum atomic E-state index is 0.641. The molecule has 0 aliphatic heterocycles. The number of fused-ring (bicyclic) bond motifs is 5. The average molecular weight is 338 g/mol. The van der Waals surface area contributed by atoms with Gasteiger partial charge < -0.3 is 4.57 Å². The van der Waals surface area contributed by atoms with Crippen LogP contribution in [0.25, 0.3) is 16.6 Å². The SMILES string of the molecule is BrC1Cc2c(c3ccccc3n2-c2ccccc2)C2CC12. The van der Waals surface area contributed by atoms with Gasteiger partial charge in [-0.2, -0.15) is 0 Å². The van der Waals surface area contributed by atoms with Gasteiger partial charge in [-0.3, -0.25) is 0 Å². The molecule has 0 amide bonds. The molecule has 3 aromatic rings. The maximum atomic E-state index is 3.92. The molecule has 1 saturated carbocycles. The molecular formula is C19H16BrN. The molecule has 0 radical (unpaired) electrons. The summed E-state index contributed by atoms with van der Waals surface area (Å²) >= 11 is 3.92. The number of para-hydroxylation sites is 2. The quantitative estimate of drug-likeness (QED) is 0.547. The fraction of sp³-hybridized carbons (Fsp3) is 0.263. The lowest BCUT2D eigenvalue weighted by molar-refractivity contribution is 0.677. The van der Waals surface area contributed by atoms with Crippen LogP contribution in [0.5, 0.6) is 0 Å². The van der Waals surface area contributed by atoms with Crippen LogP contribution in [0.2, 0.25) is 0 Å². The molecule has 2 aliphatic rings. The summed E-state index contributed by atoms with van der Waals surface area (Å²) in [5.74, 6) is 1.63. The molecule has 104 valence electrons. The fourth-order valence-electron chi connectivity index (χ4n) is 4.09. The maximum absolute atomic E-state index is 3.92. The Morgan fingerprint density at radius 1 is 0.952 bits per heavy atom. The molecule has 1 heterocycles. The van der Waals surface area contributed by atoms with Gasteiger partial charge in [-0.05, 0) is 42.0 Å². The van der Waals surface area contributed by atoms with Crippen LogP contribution in [0.3, 0.4) is 0 Å². The minimum absolute atomic E-state index is 0.641. The van der Waals surface area contributed by atoms with Gasteiger partial charge in [-0.1, -0.05) is 52.3 Å². The average Bonchev–Trinajstić information content (AvgIpc) is 3.25. The van der Waals surface area contributed by atoms with Crippen LogP contribution in [0.4, 0.5) is 0 Å². The third-order valence-electron chi connectivity index (χ3n) is 5.09. The number of hydrogen-bond acceptors (Lipinski definition) is 0. The summed E-state index contributed by atoms with van der Waals surface area (Å²) in [5, 5.41) is 1.46. The van der Waals surface area contributed by atoms with Crippen molar-refractivity contribution in [1.29, 1.82) is 0 Å². The molecule has 2 aromatic carbocycles. The Kier molecular flexibility index (Phi) is 2.43. The predicted octanol–water partition coefficient (Wildman–Crippen LogP) is 5.05. The first-order valence-electron chi connectivity index (χ1n) is 7.66. The van der Waals surface area contributed by atoms with E-state index in [2.05, 4.69) is 75.1 Å². The van der Waals surface area contributed by atoms with Gasteiger partial charge in [0.2, 0.25) is 0 Å². The number of aromatic nitrogens is 1. The second kappa shape index (κ2) is 4.23. The Morgan fingerprint density at radius 3 is 2.57 bits per heavy atom. The fourth-order valence-corrected chi connectivity index (χ4v) is 4.98. The van der Waals surface area contributed by atoms with Crippen molar-refractivity contribution in [2.24, 2.45) is 5.92 Å². The van der Waals surface area contributed by atoms with Crippen LogP contribution < -0.4 is 0 Å². The first kappa shape index (κ1) is 12.0. The van der Waals surface area contributed by atoms with Crippen molar-refractivity contribution < 1.29 is 0 Å². The van der Waals surface area contributed by atoms with Gasteiger partial charge >= 0.3 is 0 Å². The van der Waals surface area contributed by atoms with Gasteiger partial charge in [0, 0.05) is 28.0 Å². The monoisotopic (exact) mass is 337 g/mol. The molecule has 2 heteroatoms. The largest absolute Gasteiger partial charge is 0.313 e. The van der Waals surface area contributed by atoms with Crippen LogP contribution in [-0.2, 0) is 6.42 Å². The number of rotatable bonds is 1. The van der Waals surface area contributed by atoms with Crippen LogP contribution in [0.1, 0.15) is 23.6 Å². The molecule has 1 nitrogen and oxygen atoms in total. The third-order valence-corrected chi connectivity index (χ3v) is 6.10. The van der Waals surface area contributed by atoms with Crippen LogP contribution in [-0.4, -0.2) is 9.39 Å². The topological polar surface area (TPSA) is 4.93 Å². The van der Waals surface area contributed by atoms with Crippen molar-refractivity contribution in [3.8, 4) is 5.69 Å². The van der Waals surface area contributed by atoms with E-state index in [-0.39, 0.29) is 0 Å². The van der Waals surface area contributed by atoms with Crippen LogP contribution >= 0.6 is 15.9 Å². The molecule has 0 bridgehead atoms. The molecule has 0 N–H and O–H groups in total. The number of benzene rings is 2. The van der Waals surface area contributed by atoms with E-state index in [1.807, 2.05) is 0 Å². The lowest BCUT2D eigenvalue weighted by atomic mass is 9.95. The van der Waals surface area contributed by atoms with Crippen molar-refractivity contribution >= 4 is 26.8 Å². The Morgan fingerprint density at radius 2 is 1.71 bits per heavy atom. The zero-order valence-electron chi connectivity index (χ0n) is 11.7. The maximum Gasteiger partial charge on any atom is 0.0534 e. The zero-order valence-corrected chi connectivity index (χ0v) is 13.3. The van der Waals surface area contributed by atoms with E-state index in [1.165, 1.54) is 28.7 Å². The van der Waals surface area contributed by atoms with Crippen molar-refractivity contribution in [3.05, 3.63) is 65.9 Å². The van der Waals surface area contributed by atoms with Crippen molar-refractivity contribution in [1.82, 2.24) is 4.57 Å². The summed E-state index contributed by atoms with van der Waals surface area (Å²) < 4.78 is 2.48. The predicted molar refractivity (Wildman–Crippen MR) is 90.5 cm³/mol. The number of nitrogens with zero attached hydrogens (tertiary/aromatic N) is 1. The Labute approximate surface area is 132 Å². The van der Waals surface area contributed by atoms with Gasteiger partial charge in [0.25, 0.3) is 0 Å².